The highest BCUT2D eigenvalue weighted by atomic mass is 16.5. The van der Waals surface area contributed by atoms with Gasteiger partial charge in [0.2, 0.25) is 0 Å². The van der Waals surface area contributed by atoms with Crippen molar-refractivity contribution in [1.82, 2.24) is 4.90 Å². The molecule has 3 saturated heterocycles. The van der Waals surface area contributed by atoms with Crippen LogP contribution in [-0.4, -0.2) is 36.8 Å². The van der Waals surface area contributed by atoms with Crippen LogP contribution in [0.2, 0.25) is 0 Å². The summed E-state index contributed by atoms with van der Waals surface area (Å²) in [6.07, 6.45) is 2.23. The van der Waals surface area contributed by atoms with Crippen LogP contribution in [0.1, 0.15) is 18.4 Å². The van der Waals surface area contributed by atoms with Gasteiger partial charge in [0.1, 0.15) is 11.4 Å². The van der Waals surface area contributed by atoms with Crippen molar-refractivity contribution in [3.05, 3.63) is 29.8 Å². The average molecular weight is 233 g/mol. The van der Waals surface area contributed by atoms with Gasteiger partial charge in [-0.25, -0.2) is 0 Å². The molecule has 3 nitrogen and oxygen atoms in total. The maximum Gasteiger partial charge on any atom is 0.118 e. The summed E-state index contributed by atoms with van der Waals surface area (Å²) in [6.45, 7) is 3.07. The minimum Gasteiger partial charge on any atom is -0.497 e. The second kappa shape index (κ2) is 4.00. The van der Waals surface area contributed by atoms with E-state index < -0.39 is 5.60 Å². The van der Waals surface area contributed by atoms with E-state index in [0.29, 0.717) is 5.92 Å². The van der Waals surface area contributed by atoms with Crippen LogP contribution in [0.15, 0.2) is 24.3 Å². The Morgan fingerprint density at radius 2 is 1.88 bits per heavy atom. The summed E-state index contributed by atoms with van der Waals surface area (Å²) in [5.41, 5.74) is 0.385. The Kier molecular flexibility index (Phi) is 2.60. The van der Waals surface area contributed by atoms with Gasteiger partial charge in [0, 0.05) is 6.54 Å². The van der Waals surface area contributed by atoms with E-state index in [9.17, 15) is 5.11 Å². The molecule has 3 fully saturated rings. The first kappa shape index (κ1) is 11.1. The molecule has 3 aliphatic rings. The predicted octanol–water partition coefficient (Wildman–Crippen LogP) is 1.61. The number of rotatable bonds is 2. The Labute approximate surface area is 102 Å². The van der Waals surface area contributed by atoms with Crippen molar-refractivity contribution < 1.29 is 9.84 Å². The largest absolute Gasteiger partial charge is 0.497 e. The van der Waals surface area contributed by atoms with Gasteiger partial charge < -0.3 is 14.7 Å². The van der Waals surface area contributed by atoms with Crippen molar-refractivity contribution >= 4 is 0 Å². The lowest BCUT2D eigenvalue weighted by Crippen LogP contribution is -2.57. The van der Waals surface area contributed by atoms with Gasteiger partial charge in [-0.05, 0) is 49.5 Å². The quantitative estimate of drug-likeness (QED) is 0.842. The van der Waals surface area contributed by atoms with Gasteiger partial charge >= 0.3 is 0 Å². The molecular formula is C14H19NO2. The summed E-state index contributed by atoms with van der Waals surface area (Å²) in [4.78, 5) is 2.37. The van der Waals surface area contributed by atoms with E-state index in [1.807, 2.05) is 24.3 Å². The SMILES string of the molecule is COc1ccc([C@@]2(O)CN3CCC2CC3)cc1. The summed E-state index contributed by atoms with van der Waals surface area (Å²) < 4.78 is 5.16. The molecule has 17 heavy (non-hydrogen) atoms. The first-order chi connectivity index (χ1) is 8.22. The molecule has 92 valence electrons. The number of fused-ring (bicyclic) bond motifs is 3. The van der Waals surface area contributed by atoms with Crippen molar-refractivity contribution in [2.75, 3.05) is 26.7 Å². The Balaban J connectivity index is 1.91. The number of nitrogens with zero attached hydrogens (tertiary/aromatic N) is 1. The average Bonchev–Trinajstić information content (AvgIpc) is 2.40. The molecule has 1 aromatic rings. The zero-order chi connectivity index (χ0) is 11.9. The molecule has 1 N–H and O–H groups in total. The van der Waals surface area contributed by atoms with Crippen LogP contribution in [-0.2, 0) is 5.60 Å². The smallest absolute Gasteiger partial charge is 0.118 e. The molecule has 0 aromatic heterocycles. The molecule has 0 amide bonds. The predicted molar refractivity (Wildman–Crippen MR) is 66.1 cm³/mol. The van der Waals surface area contributed by atoms with E-state index in [1.165, 1.54) is 0 Å². The highest BCUT2D eigenvalue weighted by Crippen LogP contribution is 2.42. The van der Waals surface area contributed by atoms with Crippen LogP contribution >= 0.6 is 0 Å². The lowest BCUT2D eigenvalue weighted by Gasteiger charge is -2.50. The van der Waals surface area contributed by atoms with Crippen molar-refractivity contribution in [2.45, 2.75) is 18.4 Å². The van der Waals surface area contributed by atoms with Gasteiger partial charge in [-0.15, -0.1) is 0 Å². The zero-order valence-corrected chi connectivity index (χ0v) is 10.2. The first-order valence-electron chi connectivity index (χ1n) is 6.31. The molecule has 3 heterocycles. The fraction of sp³-hybridized carbons (Fsp3) is 0.571. The van der Waals surface area contributed by atoms with Crippen molar-refractivity contribution in [3.8, 4) is 5.75 Å². The third kappa shape index (κ3) is 1.74. The lowest BCUT2D eigenvalue weighted by molar-refractivity contribution is -0.117. The zero-order valence-electron chi connectivity index (χ0n) is 10.2. The highest BCUT2D eigenvalue weighted by Gasteiger charge is 2.46. The molecule has 1 atom stereocenters. The highest BCUT2D eigenvalue weighted by molar-refractivity contribution is 5.32. The maximum atomic E-state index is 10.9. The fourth-order valence-corrected chi connectivity index (χ4v) is 3.25. The van der Waals surface area contributed by atoms with Crippen LogP contribution in [0, 0.1) is 5.92 Å². The van der Waals surface area contributed by atoms with Crippen LogP contribution in [0.25, 0.3) is 0 Å². The van der Waals surface area contributed by atoms with Crippen molar-refractivity contribution in [1.29, 1.82) is 0 Å². The second-order valence-electron chi connectivity index (χ2n) is 5.20. The minimum absolute atomic E-state index is 0.417. The molecule has 1 aromatic carbocycles. The van der Waals surface area contributed by atoms with Gasteiger partial charge in [0.15, 0.2) is 0 Å². The molecule has 3 heteroatoms. The van der Waals surface area contributed by atoms with Crippen LogP contribution < -0.4 is 4.74 Å². The van der Waals surface area contributed by atoms with Crippen LogP contribution in [0.4, 0.5) is 0 Å². The van der Waals surface area contributed by atoms with E-state index in [4.69, 9.17) is 4.74 Å². The molecule has 3 aliphatic heterocycles. The topological polar surface area (TPSA) is 32.7 Å². The van der Waals surface area contributed by atoms with E-state index in [-0.39, 0.29) is 0 Å². The number of piperidine rings is 3. The molecule has 4 rings (SSSR count). The van der Waals surface area contributed by atoms with E-state index in [1.54, 1.807) is 7.11 Å². The molecule has 0 unspecified atom stereocenters. The van der Waals surface area contributed by atoms with E-state index >= 15 is 0 Å². The number of benzene rings is 1. The summed E-state index contributed by atoms with van der Waals surface area (Å²) in [5.74, 6) is 1.26. The standard InChI is InChI=1S/C14H19NO2/c1-17-13-4-2-11(3-5-13)14(16)10-15-8-6-12(14)7-9-15/h2-5,12,16H,6-10H2,1H3/t14-/m0/s1. The molecular weight excluding hydrogens is 214 g/mol. The number of ether oxygens (including phenoxy) is 1. The molecule has 0 spiro atoms. The van der Waals surface area contributed by atoms with Crippen LogP contribution in [0.3, 0.4) is 0 Å². The summed E-state index contributed by atoms with van der Waals surface area (Å²) in [5, 5.41) is 10.9. The third-order valence-corrected chi connectivity index (χ3v) is 4.32. The van der Waals surface area contributed by atoms with Crippen molar-refractivity contribution in [2.24, 2.45) is 5.92 Å². The maximum absolute atomic E-state index is 10.9. The molecule has 2 bridgehead atoms. The Morgan fingerprint density at radius 1 is 1.24 bits per heavy atom. The second-order valence-corrected chi connectivity index (χ2v) is 5.20. The first-order valence-corrected chi connectivity index (χ1v) is 6.31. The lowest BCUT2D eigenvalue weighted by atomic mass is 9.72. The number of methoxy groups -OCH3 is 1. The summed E-state index contributed by atoms with van der Waals surface area (Å²) in [7, 11) is 1.66. The monoisotopic (exact) mass is 233 g/mol. The van der Waals surface area contributed by atoms with E-state index in [2.05, 4.69) is 4.90 Å². The van der Waals surface area contributed by atoms with Gasteiger partial charge in [-0.3, -0.25) is 0 Å². The molecule has 0 aliphatic carbocycles. The van der Waals surface area contributed by atoms with E-state index in [0.717, 1.165) is 43.8 Å². The summed E-state index contributed by atoms with van der Waals surface area (Å²) in [6, 6.07) is 7.87. The Bertz CT molecular complexity index is 395. The van der Waals surface area contributed by atoms with Crippen LogP contribution in [0.5, 0.6) is 5.75 Å². The summed E-state index contributed by atoms with van der Waals surface area (Å²) >= 11 is 0. The normalized spacial score (nSPS) is 35.9. The number of aliphatic hydroxyl groups is 1. The Hall–Kier alpha value is -1.06. The third-order valence-electron chi connectivity index (χ3n) is 4.32. The van der Waals surface area contributed by atoms with Crippen molar-refractivity contribution in [3.63, 3.8) is 0 Å². The fourth-order valence-electron chi connectivity index (χ4n) is 3.25. The molecule has 0 saturated carbocycles. The minimum atomic E-state index is -0.650. The number of hydrogen-bond acceptors (Lipinski definition) is 3. The van der Waals surface area contributed by atoms with Gasteiger partial charge in [0.05, 0.1) is 7.11 Å². The van der Waals surface area contributed by atoms with Gasteiger partial charge in [-0.2, -0.15) is 0 Å². The van der Waals surface area contributed by atoms with Gasteiger partial charge in [0.25, 0.3) is 0 Å². The Morgan fingerprint density at radius 3 is 2.35 bits per heavy atom. The number of hydrogen-bond donors (Lipinski definition) is 1. The van der Waals surface area contributed by atoms with Gasteiger partial charge in [-0.1, -0.05) is 12.1 Å². The molecule has 0 radical (unpaired) electrons.